The number of nitro groups is 1. The molecule has 2 unspecified atom stereocenters. The molecule has 0 bridgehead atoms. The molecule has 7 heteroatoms. The van der Waals surface area contributed by atoms with Gasteiger partial charge in [0.1, 0.15) is 12.7 Å². The minimum absolute atomic E-state index is 0.0699. The van der Waals surface area contributed by atoms with Gasteiger partial charge in [-0.25, -0.2) is 9.55 Å². The van der Waals surface area contributed by atoms with Gasteiger partial charge in [-0.2, -0.15) is 0 Å². The Bertz CT molecular complexity index is 457. The van der Waals surface area contributed by atoms with Gasteiger partial charge < -0.3 is 15.8 Å². The van der Waals surface area contributed by atoms with Crippen LogP contribution in [0, 0.1) is 23.0 Å². The SMILES string of the molecule is Cc1ncc([N+](=O)[O-])n1CCN1CCC(C(C)N)C1. The van der Waals surface area contributed by atoms with Gasteiger partial charge in [0.25, 0.3) is 0 Å². The Morgan fingerprint density at radius 3 is 2.95 bits per heavy atom. The summed E-state index contributed by atoms with van der Waals surface area (Å²) in [5, 5.41) is 10.9. The van der Waals surface area contributed by atoms with Crippen LogP contribution >= 0.6 is 0 Å². The van der Waals surface area contributed by atoms with Gasteiger partial charge >= 0.3 is 5.82 Å². The minimum Gasteiger partial charge on any atom is -0.358 e. The smallest absolute Gasteiger partial charge is 0.342 e. The monoisotopic (exact) mass is 267 g/mol. The summed E-state index contributed by atoms with van der Waals surface area (Å²) in [5.74, 6) is 1.30. The van der Waals surface area contributed by atoms with Gasteiger partial charge in [0, 0.05) is 26.1 Å². The zero-order chi connectivity index (χ0) is 14.0. The van der Waals surface area contributed by atoms with Crippen LogP contribution in [0.5, 0.6) is 0 Å². The van der Waals surface area contributed by atoms with Crippen molar-refractivity contribution in [2.45, 2.75) is 32.9 Å². The Morgan fingerprint density at radius 2 is 2.37 bits per heavy atom. The summed E-state index contributed by atoms with van der Waals surface area (Å²) in [6.07, 6.45) is 2.44. The summed E-state index contributed by atoms with van der Waals surface area (Å²) in [4.78, 5) is 16.8. The van der Waals surface area contributed by atoms with Crippen LogP contribution in [-0.4, -0.2) is 45.1 Å². The van der Waals surface area contributed by atoms with E-state index in [1.165, 1.54) is 6.20 Å². The van der Waals surface area contributed by atoms with Crippen LogP contribution in [0.3, 0.4) is 0 Å². The van der Waals surface area contributed by atoms with Crippen molar-refractivity contribution in [3.63, 3.8) is 0 Å². The maximum absolute atomic E-state index is 10.9. The molecule has 0 radical (unpaired) electrons. The lowest BCUT2D eigenvalue weighted by Crippen LogP contribution is -2.31. The lowest BCUT2D eigenvalue weighted by Gasteiger charge is -2.17. The Hall–Kier alpha value is -1.47. The van der Waals surface area contributed by atoms with Gasteiger partial charge in [0.2, 0.25) is 0 Å². The highest BCUT2D eigenvalue weighted by Crippen LogP contribution is 2.19. The molecule has 19 heavy (non-hydrogen) atoms. The van der Waals surface area contributed by atoms with E-state index in [0.717, 1.165) is 26.1 Å². The summed E-state index contributed by atoms with van der Waals surface area (Å²) in [6.45, 7) is 7.25. The van der Waals surface area contributed by atoms with E-state index < -0.39 is 0 Å². The van der Waals surface area contributed by atoms with Crippen molar-refractivity contribution in [2.24, 2.45) is 11.7 Å². The molecule has 2 N–H and O–H groups in total. The van der Waals surface area contributed by atoms with Crippen LogP contribution < -0.4 is 5.73 Å². The van der Waals surface area contributed by atoms with Crippen molar-refractivity contribution < 1.29 is 4.92 Å². The second-order valence-corrected chi connectivity index (χ2v) is 5.28. The van der Waals surface area contributed by atoms with E-state index in [0.29, 0.717) is 18.3 Å². The number of rotatable bonds is 5. The molecule has 1 fully saturated rings. The van der Waals surface area contributed by atoms with Crippen LogP contribution in [-0.2, 0) is 6.54 Å². The Kier molecular flexibility index (Phi) is 4.16. The zero-order valence-corrected chi connectivity index (χ0v) is 11.5. The molecule has 1 aromatic heterocycles. The first-order valence-corrected chi connectivity index (χ1v) is 6.63. The van der Waals surface area contributed by atoms with Crippen LogP contribution in [0.4, 0.5) is 5.82 Å². The standard InChI is InChI=1S/C12H21N5O2/c1-9(13)11-3-4-15(8-11)5-6-16-10(2)14-7-12(16)17(18)19/h7,9,11H,3-6,8,13H2,1-2H3. The summed E-state index contributed by atoms with van der Waals surface area (Å²) in [5.41, 5.74) is 5.91. The molecule has 1 aliphatic heterocycles. The summed E-state index contributed by atoms with van der Waals surface area (Å²) < 4.78 is 1.67. The van der Waals surface area contributed by atoms with Crippen molar-refractivity contribution in [1.29, 1.82) is 0 Å². The lowest BCUT2D eigenvalue weighted by molar-refractivity contribution is -0.392. The molecule has 2 atom stereocenters. The Morgan fingerprint density at radius 1 is 1.63 bits per heavy atom. The van der Waals surface area contributed by atoms with Crippen molar-refractivity contribution in [3.8, 4) is 0 Å². The van der Waals surface area contributed by atoms with Gasteiger partial charge in [-0.15, -0.1) is 0 Å². The van der Waals surface area contributed by atoms with Gasteiger partial charge in [-0.3, -0.25) is 4.90 Å². The molecule has 2 heterocycles. The first kappa shape index (κ1) is 14.0. The van der Waals surface area contributed by atoms with E-state index in [9.17, 15) is 10.1 Å². The normalized spacial score (nSPS) is 21.7. The van der Waals surface area contributed by atoms with E-state index >= 15 is 0 Å². The average Bonchev–Trinajstić information content (AvgIpc) is 2.93. The first-order chi connectivity index (χ1) is 8.99. The highest BCUT2D eigenvalue weighted by atomic mass is 16.6. The molecule has 106 valence electrons. The van der Waals surface area contributed by atoms with Crippen LogP contribution in [0.1, 0.15) is 19.2 Å². The number of nitrogens with zero attached hydrogens (tertiary/aromatic N) is 4. The average molecular weight is 267 g/mol. The molecule has 2 rings (SSSR count). The first-order valence-electron chi connectivity index (χ1n) is 6.63. The molecule has 1 aromatic rings. The van der Waals surface area contributed by atoms with Gasteiger partial charge in [0.15, 0.2) is 5.82 Å². The lowest BCUT2D eigenvalue weighted by atomic mass is 10.0. The fraction of sp³-hybridized carbons (Fsp3) is 0.750. The predicted molar refractivity (Wildman–Crippen MR) is 71.8 cm³/mol. The molecule has 0 aliphatic carbocycles. The van der Waals surface area contributed by atoms with Crippen molar-refractivity contribution >= 4 is 5.82 Å². The minimum atomic E-state index is -0.380. The number of likely N-dealkylation sites (tertiary alicyclic amines) is 1. The number of hydrogen-bond acceptors (Lipinski definition) is 5. The number of imidazole rings is 1. The molecular weight excluding hydrogens is 246 g/mol. The highest BCUT2D eigenvalue weighted by Gasteiger charge is 2.26. The highest BCUT2D eigenvalue weighted by molar-refractivity contribution is 5.18. The van der Waals surface area contributed by atoms with E-state index in [1.807, 2.05) is 6.92 Å². The predicted octanol–water partition coefficient (Wildman–Crippen LogP) is 0.769. The van der Waals surface area contributed by atoms with Crippen LogP contribution in [0.15, 0.2) is 6.20 Å². The van der Waals surface area contributed by atoms with Gasteiger partial charge in [0.05, 0.1) is 0 Å². The number of hydrogen-bond donors (Lipinski definition) is 1. The number of aryl methyl sites for hydroxylation is 1. The number of aromatic nitrogens is 2. The van der Waals surface area contributed by atoms with Gasteiger partial charge in [-0.1, -0.05) is 0 Å². The third-order valence-electron chi connectivity index (χ3n) is 3.91. The largest absolute Gasteiger partial charge is 0.358 e. The third kappa shape index (κ3) is 3.10. The fourth-order valence-electron chi connectivity index (χ4n) is 2.61. The van der Waals surface area contributed by atoms with Crippen molar-refractivity contribution in [3.05, 3.63) is 22.1 Å². The molecule has 1 aliphatic rings. The van der Waals surface area contributed by atoms with Gasteiger partial charge in [-0.05, 0) is 30.7 Å². The molecule has 1 saturated heterocycles. The van der Waals surface area contributed by atoms with Crippen molar-refractivity contribution in [2.75, 3.05) is 19.6 Å². The fourth-order valence-corrected chi connectivity index (χ4v) is 2.61. The Labute approximate surface area is 112 Å². The van der Waals surface area contributed by atoms with E-state index in [1.54, 1.807) is 11.5 Å². The van der Waals surface area contributed by atoms with E-state index in [-0.39, 0.29) is 16.8 Å². The molecule has 0 spiro atoms. The van der Waals surface area contributed by atoms with Crippen molar-refractivity contribution in [1.82, 2.24) is 14.5 Å². The molecule has 0 saturated carbocycles. The van der Waals surface area contributed by atoms with E-state index in [2.05, 4.69) is 9.88 Å². The van der Waals surface area contributed by atoms with E-state index in [4.69, 9.17) is 5.73 Å². The summed E-state index contributed by atoms with van der Waals surface area (Å²) in [6, 6.07) is 0.217. The molecular formula is C12H21N5O2. The summed E-state index contributed by atoms with van der Waals surface area (Å²) in [7, 11) is 0. The molecule has 7 nitrogen and oxygen atoms in total. The summed E-state index contributed by atoms with van der Waals surface area (Å²) >= 11 is 0. The van der Waals surface area contributed by atoms with Crippen LogP contribution in [0.25, 0.3) is 0 Å². The number of nitrogens with two attached hydrogens (primary N) is 1. The molecule has 0 aromatic carbocycles. The maximum atomic E-state index is 10.9. The second kappa shape index (κ2) is 5.66. The quantitative estimate of drug-likeness (QED) is 0.628. The third-order valence-corrected chi connectivity index (χ3v) is 3.91. The zero-order valence-electron chi connectivity index (χ0n) is 11.5. The maximum Gasteiger partial charge on any atom is 0.342 e. The molecule has 0 amide bonds. The van der Waals surface area contributed by atoms with Crippen LogP contribution in [0.2, 0.25) is 0 Å². The topological polar surface area (TPSA) is 90.2 Å². The second-order valence-electron chi connectivity index (χ2n) is 5.28. The Balaban J connectivity index is 1.93.